The maximum Gasteiger partial charge on any atom is 0.337 e. The summed E-state index contributed by atoms with van der Waals surface area (Å²) < 4.78 is 9.55. The first-order valence-corrected chi connectivity index (χ1v) is 5.39. The smallest absolute Gasteiger partial charge is 0.337 e. The number of ether oxygens (including phenoxy) is 2. The third-order valence-electron chi connectivity index (χ3n) is 2.06. The van der Waals surface area contributed by atoms with Crippen molar-refractivity contribution in [3.8, 4) is 0 Å². The molecule has 96 valence electrons. The van der Waals surface area contributed by atoms with Crippen molar-refractivity contribution < 1.29 is 19.1 Å². The highest BCUT2D eigenvalue weighted by molar-refractivity contribution is 6.30. The molecule has 1 rings (SSSR count). The van der Waals surface area contributed by atoms with Crippen LogP contribution < -0.4 is 0 Å². The monoisotopic (exact) mass is 269 g/mol. The molecule has 0 aliphatic heterocycles. The van der Waals surface area contributed by atoms with Crippen LogP contribution in [0, 0.1) is 0 Å². The average molecular weight is 270 g/mol. The summed E-state index contributed by atoms with van der Waals surface area (Å²) in [5.74, 6) is -1.24. The van der Waals surface area contributed by atoms with Crippen molar-refractivity contribution in [2.24, 2.45) is 0 Å². The van der Waals surface area contributed by atoms with Gasteiger partial charge in [0, 0.05) is 18.1 Å². The molecular formula is C12H12ClNO4. The maximum absolute atomic E-state index is 11.4. The van der Waals surface area contributed by atoms with Crippen LogP contribution in [0.3, 0.4) is 0 Å². The van der Waals surface area contributed by atoms with Gasteiger partial charge in [0.2, 0.25) is 0 Å². The van der Waals surface area contributed by atoms with Gasteiger partial charge in [-0.25, -0.2) is 4.79 Å². The second-order valence-corrected chi connectivity index (χ2v) is 3.84. The Hall–Kier alpha value is -1.88. The molecule has 1 aromatic heterocycles. The summed E-state index contributed by atoms with van der Waals surface area (Å²) in [7, 11) is 1.21. The van der Waals surface area contributed by atoms with Crippen molar-refractivity contribution >= 4 is 23.5 Å². The molecule has 6 heteroatoms. The van der Waals surface area contributed by atoms with Crippen molar-refractivity contribution in [2.75, 3.05) is 7.11 Å². The van der Waals surface area contributed by atoms with E-state index in [1.165, 1.54) is 26.3 Å². The molecule has 1 atom stereocenters. The van der Waals surface area contributed by atoms with E-state index in [2.05, 4.69) is 16.3 Å². The minimum atomic E-state index is -1.01. The molecule has 0 N–H and O–H groups in total. The predicted octanol–water partition coefficient (Wildman–Crippen LogP) is 2.07. The zero-order valence-electron chi connectivity index (χ0n) is 9.97. The largest absolute Gasteiger partial charge is 0.466 e. The van der Waals surface area contributed by atoms with Gasteiger partial charge in [-0.3, -0.25) is 9.78 Å². The van der Waals surface area contributed by atoms with E-state index in [-0.39, 0.29) is 5.57 Å². The van der Waals surface area contributed by atoms with E-state index in [1.807, 2.05) is 0 Å². The highest BCUT2D eigenvalue weighted by atomic mass is 35.5. The Morgan fingerprint density at radius 2 is 2.17 bits per heavy atom. The second-order valence-electron chi connectivity index (χ2n) is 3.41. The van der Waals surface area contributed by atoms with Gasteiger partial charge in [0.15, 0.2) is 6.10 Å². The van der Waals surface area contributed by atoms with Crippen LogP contribution in [0.1, 0.15) is 18.7 Å². The Labute approximate surface area is 109 Å². The molecule has 1 unspecified atom stereocenters. The van der Waals surface area contributed by atoms with Crippen LogP contribution in [-0.2, 0) is 19.1 Å². The molecule has 0 bridgehead atoms. The number of hydrogen-bond donors (Lipinski definition) is 0. The van der Waals surface area contributed by atoms with Crippen molar-refractivity contribution in [3.63, 3.8) is 0 Å². The second kappa shape index (κ2) is 6.16. The fourth-order valence-corrected chi connectivity index (χ4v) is 1.45. The minimum absolute atomic E-state index is 0.0255. The van der Waals surface area contributed by atoms with Gasteiger partial charge < -0.3 is 9.47 Å². The summed E-state index contributed by atoms with van der Waals surface area (Å²) in [5.41, 5.74) is 0.288. The molecule has 0 radical (unpaired) electrons. The topological polar surface area (TPSA) is 65.5 Å². The molecule has 1 aromatic rings. The Morgan fingerprint density at radius 3 is 2.67 bits per heavy atom. The first kappa shape index (κ1) is 14.2. The van der Waals surface area contributed by atoms with Gasteiger partial charge in [0.05, 0.1) is 18.4 Å². The van der Waals surface area contributed by atoms with Gasteiger partial charge in [0.25, 0.3) is 0 Å². The van der Waals surface area contributed by atoms with Crippen molar-refractivity contribution in [3.05, 3.63) is 41.2 Å². The lowest BCUT2D eigenvalue weighted by molar-refractivity contribution is -0.147. The molecule has 0 saturated heterocycles. The number of hydrogen-bond acceptors (Lipinski definition) is 5. The van der Waals surface area contributed by atoms with Crippen LogP contribution in [0.5, 0.6) is 0 Å². The molecule has 0 aromatic carbocycles. The number of carbonyl (C=O) groups is 2. The SMILES string of the molecule is C=C(C(=O)OC)C(OC(C)=O)c1cc(Cl)ccn1. The van der Waals surface area contributed by atoms with Crippen LogP contribution in [0.25, 0.3) is 0 Å². The molecule has 18 heavy (non-hydrogen) atoms. The molecule has 0 spiro atoms. The summed E-state index contributed by atoms with van der Waals surface area (Å²) in [6, 6.07) is 3.06. The number of pyridine rings is 1. The Kier molecular flexibility index (Phi) is 4.85. The quantitative estimate of drug-likeness (QED) is 0.618. The van der Waals surface area contributed by atoms with Gasteiger partial charge in [-0.15, -0.1) is 0 Å². The van der Waals surface area contributed by atoms with Gasteiger partial charge >= 0.3 is 11.9 Å². The van der Waals surface area contributed by atoms with Gasteiger partial charge in [-0.1, -0.05) is 18.2 Å². The van der Waals surface area contributed by atoms with Crippen LogP contribution in [-0.4, -0.2) is 24.0 Å². The average Bonchev–Trinajstić information content (AvgIpc) is 2.34. The van der Waals surface area contributed by atoms with Gasteiger partial charge in [0.1, 0.15) is 0 Å². The number of carbonyl (C=O) groups excluding carboxylic acids is 2. The van der Waals surface area contributed by atoms with Crippen molar-refractivity contribution in [1.82, 2.24) is 4.98 Å². The van der Waals surface area contributed by atoms with E-state index >= 15 is 0 Å². The number of methoxy groups -OCH3 is 1. The number of nitrogens with zero attached hydrogens (tertiary/aromatic N) is 1. The number of esters is 2. The molecule has 5 nitrogen and oxygen atoms in total. The van der Waals surface area contributed by atoms with Crippen LogP contribution in [0.15, 0.2) is 30.5 Å². The molecule has 0 saturated carbocycles. The minimum Gasteiger partial charge on any atom is -0.466 e. The van der Waals surface area contributed by atoms with E-state index in [0.717, 1.165) is 0 Å². The lowest BCUT2D eigenvalue weighted by Crippen LogP contribution is -2.18. The third kappa shape index (κ3) is 3.56. The van der Waals surface area contributed by atoms with E-state index < -0.39 is 18.0 Å². The lowest BCUT2D eigenvalue weighted by atomic mass is 10.1. The summed E-state index contributed by atoms with van der Waals surface area (Å²) >= 11 is 5.82. The maximum atomic E-state index is 11.4. The summed E-state index contributed by atoms with van der Waals surface area (Å²) in [4.78, 5) is 26.5. The zero-order valence-corrected chi connectivity index (χ0v) is 10.7. The number of aromatic nitrogens is 1. The molecule has 1 heterocycles. The molecular weight excluding hydrogens is 258 g/mol. The first-order valence-electron chi connectivity index (χ1n) is 5.01. The summed E-state index contributed by atoms with van der Waals surface area (Å²) in [5, 5.41) is 0.412. The highest BCUT2D eigenvalue weighted by Crippen LogP contribution is 2.25. The van der Waals surface area contributed by atoms with E-state index in [4.69, 9.17) is 16.3 Å². The highest BCUT2D eigenvalue weighted by Gasteiger charge is 2.25. The molecule has 0 fully saturated rings. The Balaban J connectivity index is 3.09. The normalized spacial score (nSPS) is 11.5. The molecule has 0 aliphatic rings. The molecule has 0 aliphatic carbocycles. The van der Waals surface area contributed by atoms with Gasteiger partial charge in [-0.2, -0.15) is 0 Å². The fraction of sp³-hybridized carbons (Fsp3) is 0.250. The Morgan fingerprint density at radius 1 is 1.50 bits per heavy atom. The zero-order chi connectivity index (χ0) is 13.7. The third-order valence-corrected chi connectivity index (χ3v) is 2.29. The number of halogens is 1. The fourth-order valence-electron chi connectivity index (χ4n) is 1.28. The van der Waals surface area contributed by atoms with Gasteiger partial charge in [-0.05, 0) is 12.1 Å². The summed E-state index contributed by atoms with van der Waals surface area (Å²) in [6.07, 6.45) is 0.437. The van der Waals surface area contributed by atoms with Crippen LogP contribution >= 0.6 is 11.6 Å². The molecule has 0 amide bonds. The van der Waals surface area contributed by atoms with Crippen LogP contribution in [0.2, 0.25) is 5.02 Å². The predicted molar refractivity (Wildman–Crippen MR) is 64.9 cm³/mol. The van der Waals surface area contributed by atoms with Crippen molar-refractivity contribution in [1.29, 1.82) is 0 Å². The standard InChI is InChI=1S/C12H12ClNO4/c1-7(12(16)17-3)11(18-8(2)15)10-6-9(13)4-5-14-10/h4-6,11H,1H2,2-3H3. The Bertz CT molecular complexity index is 487. The lowest BCUT2D eigenvalue weighted by Gasteiger charge is -2.17. The van der Waals surface area contributed by atoms with Crippen LogP contribution in [0.4, 0.5) is 0 Å². The van der Waals surface area contributed by atoms with E-state index in [0.29, 0.717) is 10.7 Å². The summed E-state index contributed by atoms with van der Waals surface area (Å²) in [6.45, 7) is 4.77. The van der Waals surface area contributed by atoms with E-state index in [1.54, 1.807) is 6.07 Å². The van der Waals surface area contributed by atoms with E-state index in [9.17, 15) is 9.59 Å². The van der Waals surface area contributed by atoms with Crippen molar-refractivity contribution in [2.45, 2.75) is 13.0 Å². The first-order chi connectivity index (χ1) is 8.45. The number of rotatable bonds is 4.